The van der Waals surface area contributed by atoms with Crippen molar-refractivity contribution < 1.29 is 13.7 Å². The second kappa shape index (κ2) is 8.29. The second-order valence-electron chi connectivity index (χ2n) is 9.35. The van der Waals surface area contributed by atoms with Gasteiger partial charge in [0.25, 0.3) is 5.89 Å². The number of rotatable bonds is 5. The van der Waals surface area contributed by atoms with Crippen LogP contribution in [-0.4, -0.2) is 27.4 Å². The monoisotopic (exact) mass is 453 g/mol. The second-order valence-corrected chi connectivity index (χ2v) is 9.35. The van der Waals surface area contributed by atoms with E-state index in [0.717, 1.165) is 54.5 Å². The zero-order valence-electron chi connectivity index (χ0n) is 18.9. The summed E-state index contributed by atoms with van der Waals surface area (Å²) in [5, 5.41) is 4.14. The van der Waals surface area contributed by atoms with Gasteiger partial charge in [-0.3, -0.25) is 4.90 Å². The number of aryl methyl sites for hydroxylation is 1. The van der Waals surface area contributed by atoms with Gasteiger partial charge in [-0.15, -0.1) is 0 Å². The number of fused-ring (bicyclic) bond motifs is 1. The topological polar surface area (TPSA) is 59.2 Å². The van der Waals surface area contributed by atoms with Crippen LogP contribution in [0.3, 0.4) is 0 Å². The number of hydrogen-bond acceptors (Lipinski definition) is 5. The fourth-order valence-corrected chi connectivity index (χ4v) is 5.08. The first-order chi connectivity index (χ1) is 16.6. The van der Waals surface area contributed by atoms with E-state index in [1.807, 2.05) is 43.3 Å². The van der Waals surface area contributed by atoms with Crippen molar-refractivity contribution in [3.8, 4) is 34.0 Å². The molecule has 6 heteroatoms. The van der Waals surface area contributed by atoms with Crippen LogP contribution < -0.4 is 0 Å². The molecule has 0 bridgehead atoms. The molecule has 4 aromatic rings. The van der Waals surface area contributed by atoms with Crippen molar-refractivity contribution in [2.24, 2.45) is 5.92 Å². The Morgan fingerprint density at radius 3 is 2.56 bits per heavy atom. The number of aldehydes is 1. The third kappa shape index (κ3) is 3.64. The molecule has 1 aliphatic carbocycles. The predicted octanol–water partition coefficient (Wildman–Crippen LogP) is 5.81. The van der Waals surface area contributed by atoms with Crippen LogP contribution in [-0.2, 0) is 17.9 Å². The Hall–Kier alpha value is -3.64. The van der Waals surface area contributed by atoms with Crippen LogP contribution >= 0.6 is 0 Å². The highest BCUT2D eigenvalue weighted by molar-refractivity contribution is 5.72. The fraction of sp³-hybridized carbons (Fsp3) is 0.250. The molecule has 1 aliphatic heterocycles. The van der Waals surface area contributed by atoms with E-state index in [2.05, 4.69) is 27.2 Å². The molecule has 0 saturated heterocycles. The van der Waals surface area contributed by atoms with Crippen LogP contribution in [0.15, 0.2) is 65.2 Å². The van der Waals surface area contributed by atoms with E-state index in [0.29, 0.717) is 17.4 Å². The van der Waals surface area contributed by atoms with Gasteiger partial charge in [-0.1, -0.05) is 47.6 Å². The van der Waals surface area contributed by atoms with E-state index in [1.54, 1.807) is 6.07 Å². The zero-order valence-corrected chi connectivity index (χ0v) is 18.9. The number of benzene rings is 3. The SMILES string of the molecule is Cc1cc(-c2nc(-c3ccc4c(c3)CN(C3CC(C=O)C3)C4)no2)c(F)cc1-c1ccccc1. The van der Waals surface area contributed by atoms with Gasteiger partial charge >= 0.3 is 0 Å². The summed E-state index contributed by atoms with van der Waals surface area (Å²) in [4.78, 5) is 17.9. The fourth-order valence-electron chi connectivity index (χ4n) is 5.08. The molecule has 1 aromatic heterocycles. The molecule has 6 rings (SSSR count). The Kier molecular flexibility index (Phi) is 5.11. The van der Waals surface area contributed by atoms with Crippen LogP contribution in [0, 0.1) is 18.7 Å². The Morgan fingerprint density at radius 1 is 0.971 bits per heavy atom. The first kappa shape index (κ1) is 20.9. The van der Waals surface area contributed by atoms with Gasteiger partial charge in [0.1, 0.15) is 12.1 Å². The Morgan fingerprint density at radius 2 is 1.76 bits per heavy atom. The summed E-state index contributed by atoms with van der Waals surface area (Å²) >= 11 is 0. The minimum Gasteiger partial charge on any atom is -0.334 e. The van der Waals surface area contributed by atoms with E-state index in [9.17, 15) is 4.79 Å². The van der Waals surface area contributed by atoms with Crippen LogP contribution in [0.2, 0.25) is 0 Å². The lowest BCUT2D eigenvalue weighted by molar-refractivity contribution is -0.115. The molecule has 0 atom stereocenters. The number of halogens is 1. The third-order valence-electron chi connectivity index (χ3n) is 7.13. The molecule has 0 amide bonds. The number of hydrogen-bond donors (Lipinski definition) is 0. The van der Waals surface area contributed by atoms with Gasteiger partial charge in [0.2, 0.25) is 5.82 Å². The highest BCUT2D eigenvalue weighted by atomic mass is 19.1. The molecule has 0 unspecified atom stereocenters. The van der Waals surface area contributed by atoms with Gasteiger partial charge in [0, 0.05) is 30.6 Å². The standard InChI is InChI=1S/C28H24FN3O2/c1-17-9-25(26(29)13-24(17)19-5-3-2-4-6-19)28-30-27(31-34-28)20-7-8-21-14-32(15-22(21)12-20)23-10-18(11-23)16-33/h2-9,12-13,16,18,23H,10-11,14-15H2,1H3. The average Bonchev–Trinajstić information content (AvgIpc) is 3.47. The normalized spacial score (nSPS) is 19.6. The number of carbonyl (C=O) groups excluding carboxylic acids is 1. The van der Waals surface area contributed by atoms with E-state index < -0.39 is 5.82 Å². The molecule has 170 valence electrons. The van der Waals surface area contributed by atoms with E-state index in [4.69, 9.17) is 4.52 Å². The smallest absolute Gasteiger partial charge is 0.261 e. The van der Waals surface area contributed by atoms with Crippen molar-refractivity contribution in [2.75, 3.05) is 0 Å². The van der Waals surface area contributed by atoms with Crippen molar-refractivity contribution in [3.63, 3.8) is 0 Å². The van der Waals surface area contributed by atoms with Crippen molar-refractivity contribution in [3.05, 3.63) is 83.2 Å². The minimum atomic E-state index is -0.390. The molecule has 2 heterocycles. The van der Waals surface area contributed by atoms with Crippen LogP contribution in [0.4, 0.5) is 4.39 Å². The van der Waals surface area contributed by atoms with Crippen molar-refractivity contribution in [1.29, 1.82) is 0 Å². The summed E-state index contributed by atoms with van der Waals surface area (Å²) < 4.78 is 20.5. The van der Waals surface area contributed by atoms with Crippen molar-refractivity contribution in [1.82, 2.24) is 15.0 Å². The Labute approximate surface area is 197 Å². The van der Waals surface area contributed by atoms with E-state index >= 15 is 4.39 Å². The molecular formula is C28H24FN3O2. The van der Waals surface area contributed by atoms with Crippen LogP contribution in [0.5, 0.6) is 0 Å². The molecule has 3 aromatic carbocycles. The van der Waals surface area contributed by atoms with Gasteiger partial charge < -0.3 is 9.32 Å². The minimum absolute atomic E-state index is 0.173. The first-order valence-electron chi connectivity index (χ1n) is 11.6. The molecule has 34 heavy (non-hydrogen) atoms. The Balaban J connectivity index is 1.24. The molecule has 5 nitrogen and oxygen atoms in total. The van der Waals surface area contributed by atoms with E-state index in [1.165, 1.54) is 17.2 Å². The average molecular weight is 454 g/mol. The Bertz CT molecular complexity index is 1380. The number of nitrogens with zero attached hydrogens (tertiary/aromatic N) is 3. The molecule has 1 saturated carbocycles. The molecule has 0 spiro atoms. The van der Waals surface area contributed by atoms with Gasteiger partial charge in [0.15, 0.2) is 0 Å². The van der Waals surface area contributed by atoms with Crippen molar-refractivity contribution >= 4 is 6.29 Å². The molecule has 0 radical (unpaired) electrons. The first-order valence-corrected chi connectivity index (χ1v) is 11.6. The largest absolute Gasteiger partial charge is 0.334 e. The molecule has 0 N–H and O–H groups in total. The summed E-state index contributed by atoms with van der Waals surface area (Å²) in [5.74, 6) is 0.447. The lowest BCUT2D eigenvalue weighted by Crippen LogP contribution is -2.42. The lowest BCUT2D eigenvalue weighted by atomic mass is 9.80. The highest BCUT2D eigenvalue weighted by Gasteiger charge is 2.36. The maximum atomic E-state index is 15.0. The lowest BCUT2D eigenvalue weighted by Gasteiger charge is -2.38. The summed E-state index contributed by atoms with van der Waals surface area (Å²) in [6, 6.07) is 19.7. The van der Waals surface area contributed by atoms with Gasteiger partial charge in [-0.25, -0.2) is 4.39 Å². The van der Waals surface area contributed by atoms with Crippen LogP contribution in [0.1, 0.15) is 29.5 Å². The number of carbonyl (C=O) groups is 1. The number of aromatic nitrogens is 2. The molecular weight excluding hydrogens is 429 g/mol. The van der Waals surface area contributed by atoms with E-state index in [-0.39, 0.29) is 11.8 Å². The van der Waals surface area contributed by atoms with Gasteiger partial charge in [-0.2, -0.15) is 4.98 Å². The van der Waals surface area contributed by atoms with Gasteiger partial charge in [-0.05, 0) is 65.8 Å². The quantitative estimate of drug-likeness (QED) is 0.357. The van der Waals surface area contributed by atoms with Crippen molar-refractivity contribution in [2.45, 2.75) is 38.9 Å². The predicted molar refractivity (Wildman–Crippen MR) is 127 cm³/mol. The summed E-state index contributed by atoms with van der Waals surface area (Å²) in [6.07, 6.45) is 2.98. The maximum Gasteiger partial charge on any atom is 0.261 e. The summed E-state index contributed by atoms with van der Waals surface area (Å²) in [5.41, 5.74) is 6.44. The summed E-state index contributed by atoms with van der Waals surface area (Å²) in [6.45, 7) is 3.72. The zero-order chi connectivity index (χ0) is 23.2. The van der Waals surface area contributed by atoms with Crippen LogP contribution in [0.25, 0.3) is 34.0 Å². The summed E-state index contributed by atoms with van der Waals surface area (Å²) in [7, 11) is 0. The maximum absolute atomic E-state index is 15.0. The third-order valence-corrected chi connectivity index (χ3v) is 7.13. The molecule has 1 fully saturated rings. The van der Waals surface area contributed by atoms with Gasteiger partial charge in [0.05, 0.1) is 5.56 Å². The molecule has 2 aliphatic rings. The highest BCUT2D eigenvalue weighted by Crippen LogP contribution is 2.37.